The highest BCUT2D eigenvalue weighted by atomic mass is 16.3. The largest absolute Gasteiger partial charge is 0.455 e. The first-order valence-corrected chi connectivity index (χ1v) is 17.9. The maximum atomic E-state index is 6.82. The number of aromatic nitrogens is 3. The molecule has 0 aliphatic heterocycles. The molecule has 53 heavy (non-hydrogen) atoms. The van der Waals surface area contributed by atoms with Crippen LogP contribution in [0.3, 0.4) is 0 Å². The molecule has 1 aliphatic rings. The molecule has 2 heterocycles. The molecule has 0 atom stereocenters. The average molecular weight is 676 g/mol. The van der Waals surface area contributed by atoms with Crippen molar-refractivity contribution in [2.45, 2.75) is 0 Å². The van der Waals surface area contributed by atoms with Crippen LogP contribution in [0.25, 0.3) is 111 Å². The number of benzene rings is 8. The van der Waals surface area contributed by atoms with Gasteiger partial charge in [0.2, 0.25) is 0 Å². The monoisotopic (exact) mass is 675 g/mol. The molecule has 0 spiro atoms. The van der Waals surface area contributed by atoms with Gasteiger partial charge >= 0.3 is 0 Å². The molecule has 0 unspecified atom stereocenters. The molecule has 11 rings (SSSR count). The highest BCUT2D eigenvalue weighted by molar-refractivity contribution is 6.24. The molecule has 0 saturated carbocycles. The zero-order chi connectivity index (χ0) is 34.9. The second-order valence-corrected chi connectivity index (χ2v) is 13.5. The van der Waals surface area contributed by atoms with Crippen LogP contribution in [0.2, 0.25) is 0 Å². The first kappa shape index (κ1) is 29.5. The van der Waals surface area contributed by atoms with Gasteiger partial charge in [-0.15, -0.1) is 0 Å². The van der Waals surface area contributed by atoms with Crippen LogP contribution in [0.5, 0.6) is 0 Å². The Labute approximate surface area is 305 Å². The SMILES string of the molecule is c1ccc(-c2nc(-c3ccccc3)nc(-c3ccc(-c4ccc(-c5ccccc5)c5c4-c4cccc6cccc-5c46)c4c3oc3ccccc34)n2)cc1. The zero-order valence-corrected chi connectivity index (χ0v) is 28.5. The van der Waals surface area contributed by atoms with E-state index in [0.29, 0.717) is 17.5 Å². The Bertz CT molecular complexity index is 2980. The van der Waals surface area contributed by atoms with Gasteiger partial charge in [0.15, 0.2) is 17.5 Å². The third kappa shape index (κ3) is 4.59. The number of para-hydroxylation sites is 1. The quantitative estimate of drug-likeness (QED) is 0.182. The molecular weight excluding hydrogens is 647 g/mol. The van der Waals surface area contributed by atoms with Crippen molar-refractivity contribution in [2.24, 2.45) is 0 Å². The van der Waals surface area contributed by atoms with E-state index in [4.69, 9.17) is 19.4 Å². The lowest BCUT2D eigenvalue weighted by Gasteiger charge is -2.17. The van der Waals surface area contributed by atoms with E-state index in [-0.39, 0.29) is 0 Å². The van der Waals surface area contributed by atoms with Gasteiger partial charge in [0, 0.05) is 21.9 Å². The summed E-state index contributed by atoms with van der Waals surface area (Å²) in [5.74, 6) is 1.79. The Morgan fingerprint density at radius 1 is 0.321 bits per heavy atom. The van der Waals surface area contributed by atoms with E-state index in [2.05, 4.69) is 103 Å². The van der Waals surface area contributed by atoms with Crippen LogP contribution in [0.4, 0.5) is 0 Å². The summed E-state index contributed by atoms with van der Waals surface area (Å²) in [6.07, 6.45) is 0. The van der Waals surface area contributed by atoms with Gasteiger partial charge in [-0.05, 0) is 67.4 Å². The van der Waals surface area contributed by atoms with E-state index < -0.39 is 0 Å². The minimum Gasteiger partial charge on any atom is -0.455 e. The molecule has 246 valence electrons. The van der Waals surface area contributed by atoms with Crippen molar-refractivity contribution in [1.82, 2.24) is 15.0 Å². The summed E-state index contributed by atoms with van der Waals surface area (Å²) in [5, 5.41) is 4.63. The van der Waals surface area contributed by atoms with Crippen molar-refractivity contribution < 1.29 is 4.42 Å². The van der Waals surface area contributed by atoms with Crippen LogP contribution in [0.1, 0.15) is 0 Å². The number of rotatable bonds is 5. The van der Waals surface area contributed by atoms with Crippen molar-refractivity contribution in [2.75, 3.05) is 0 Å². The summed E-state index contributed by atoms with van der Waals surface area (Å²) in [6.45, 7) is 0. The van der Waals surface area contributed by atoms with E-state index in [0.717, 1.165) is 49.8 Å². The molecule has 2 aromatic heterocycles. The summed E-state index contributed by atoms with van der Waals surface area (Å²) in [7, 11) is 0. The molecular formula is C49H29N3O. The standard InChI is InChI=1S/C49H29N3O/c1-4-14-30(15-5-1)34-26-27-35(44-39-24-13-21-31-20-12-23-38(42(31)39)43(34)44)36-28-29-40(46-45(36)37-22-10-11-25-41(37)53-46)49-51-47(32-16-6-2-7-17-32)50-48(52-49)33-18-8-3-9-19-33/h1-29H. The number of hydrogen-bond donors (Lipinski definition) is 0. The van der Waals surface area contributed by atoms with Gasteiger partial charge in [0.25, 0.3) is 0 Å². The Hall–Kier alpha value is -7.17. The Morgan fingerprint density at radius 3 is 1.49 bits per heavy atom. The molecule has 0 fully saturated rings. The minimum absolute atomic E-state index is 0.565. The van der Waals surface area contributed by atoms with Crippen LogP contribution in [-0.2, 0) is 0 Å². The van der Waals surface area contributed by atoms with Crippen LogP contribution in [0.15, 0.2) is 180 Å². The average Bonchev–Trinajstić information content (AvgIpc) is 3.79. The van der Waals surface area contributed by atoms with E-state index >= 15 is 0 Å². The molecule has 4 nitrogen and oxygen atoms in total. The van der Waals surface area contributed by atoms with Crippen molar-refractivity contribution in [3.8, 4) is 78.7 Å². The van der Waals surface area contributed by atoms with Gasteiger partial charge in [-0.1, -0.05) is 164 Å². The van der Waals surface area contributed by atoms with Gasteiger partial charge in [-0.2, -0.15) is 0 Å². The summed E-state index contributed by atoms with van der Waals surface area (Å²) in [6, 6.07) is 61.5. The molecule has 8 aromatic carbocycles. The van der Waals surface area contributed by atoms with Crippen LogP contribution < -0.4 is 0 Å². The summed E-state index contributed by atoms with van der Waals surface area (Å²) in [5.41, 5.74) is 14.0. The maximum absolute atomic E-state index is 6.82. The van der Waals surface area contributed by atoms with Gasteiger partial charge < -0.3 is 4.42 Å². The molecule has 0 saturated heterocycles. The Balaban J connectivity index is 1.21. The topological polar surface area (TPSA) is 51.8 Å². The predicted molar refractivity (Wildman–Crippen MR) is 216 cm³/mol. The van der Waals surface area contributed by atoms with E-state index in [9.17, 15) is 0 Å². The van der Waals surface area contributed by atoms with Gasteiger partial charge in [-0.25, -0.2) is 15.0 Å². The Kier molecular flexibility index (Phi) is 6.52. The third-order valence-electron chi connectivity index (χ3n) is 10.5. The molecule has 10 aromatic rings. The predicted octanol–water partition coefficient (Wildman–Crippen LogP) is 12.9. The van der Waals surface area contributed by atoms with Crippen molar-refractivity contribution in [3.63, 3.8) is 0 Å². The number of nitrogens with zero attached hydrogens (tertiary/aromatic N) is 3. The van der Waals surface area contributed by atoms with Gasteiger partial charge in [0.05, 0.1) is 5.56 Å². The van der Waals surface area contributed by atoms with Gasteiger partial charge in [-0.3, -0.25) is 0 Å². The second-order valence-electron chi connectivity index (χ2n) is 13.5. The zero-order valence-electron chi connectivity index (χ0n) is 28.5. The van der Waals surface area contributed by atoms with E-state index in [1.807, 2.05) is 72.8 Å². The van der Waals surface area contributed by atoms with E-state index in [1.54, 1.807) is 0 Å². The number of hydrogen-bond acceptors (Lipinski definition) is 4. The maximum Gasteiger partial charge on any atom is 0.167 e. The highest BCUT2D eigenvalue weighted by Crippen LogP contribution is 2.55. The first-order chi connectivity index (χ1) is 26.3. The second kappa shape index (κ2) is 11.7. The minimum atomic E-state index is 0.565. The molecule has 0 amide bonds. The normalized spacial score (nSPS) is 11.8. The fourth-order valence-electron chi connectivity index (χ4n) is 8.16. The highest BCUT2D eigenvalue weighted by Gasteiger charge is 2.29. The van der Waals surface area contributed by atoms with Crippen LogP contribution >= 0.6 is 0 Å². The fourth-order valence-corrected chi connectivity index (χ4v) is 8.16. The van der Waals surface area contributed by atoms with E-state index in [1.165, 1.54) is 44.2 Å². The lowest BCUT2D eigenvalue weighted by Crippen LogP contribution is -2.00. The summed E-state index contributed by atoms with van der Waals surface area (Å²) < 4.78 is 6.82. The third-order valence-corrected chi connectivity index (χ3v) is 10.5. The molecule has 0 radical (unpaired) electrons. The molecule has 4 heteroatoms. The first-order valence-electron chi connectivity index (χ1n) is 17.9. The Morgan fingerprint density at radius 2 is 0.830 bits per heavy atom. The lowest BCUT2D eigenvalue weighted by atomic mass is 9.86. The van der Waals surface area contributed by atoms with Crippen molar-refractivity contribution in [1.29, 1.82) is 0 Å². The fraction of sp³-hybridized carbons (Fsp3) is 0. The van der Waals surface area contributed by atoms with Crippen molar-refractivity contribution >= 4 is 32.7 Å². The number of fused-ring (bicyclic) bond motifs is 6. The number of furan rings is 1. The molecule has 0 N–H and O–H groups in total. The van der Waals surface area contributed by atoms with Crippen LogP contribution in [0, 0.1) is 0 Å². The van der Waals surface area contributed by atoms with Crippen molar-refractivity contribution in [3.05, 3.63) is 176 Å². The molecule has 0 bridgehead atoms. The van der Waals surface area contributed by atoms with Crippen LogP contribution in [-0.4, -0.2) is 15.0 Å². The molecule has 1 aliphatic carbocycles. The smallest absolute Gasteiger partial charge is 0.167 e. The lowest BCUT2D eigenvalue weighted by molar-refractivity contribution is 0.669. The summed E-state index contributed by atoms with van der Waals surface area (Å²) in [4.78, 5) is 15.1. The van der Waals surface area contributed by atoms with Gasteiger partial charge in [0.1, 0.15) is 11.2 Å². The summed E-state index contributed by atoms with van der Waals surface area (Å²) >= 11 is 0.